The molecular formula is C16H26N2O4. The highest BCUT2D eigenvalue weighted by atomic mass is 16.5. The van der Waals surface area contributed by atoms with Crippen LogP contribution in [0.4, 0.5) is 0 Å². The molecule has 0 aromatic carbocycles. The maximum Gasteiger partial charge on any atom is 0.223 e. The Hall–Kier alpha value is -1.37. The number of hydrogen-bond donors (Lipinski definition) is 2. The Labute approximate surface area is 130 Å². The molecule has 2 N–H and O–H groups in total. The second-order valence-corrected chi connectivity index (χ2v) is 5.73. The van der Waals surface area contributed by atoms with Crippen LogP contribution in [0.2, 0.25) is 0 Å². The molecule has 0 saturated carbocycles. The fraction of sp³-hybridized carbons (Fsp3) is 0.688. The van der Waals surface area contributed by atoms with E-state index in [1.165, 1.54) is 37.9 Å². The summed E-state index contributed by atoms with van der Waals surface area (Å²) >= 11 is 0. The first-order valence-electron chi connectivity index (χ1n) is 8.04. The molecule has 0 bridgehead atoms. The molecule has 124 valence electrons. The predicted molar refractivity (Wildman–Crippen MR) is 84.0 cm³/mol. The van der Waals surface area contributed by atoms with Crippen LogP contribution in [0.5, 0.6) is 5.75 Å². The number of pyridine rings is 1. The molecule has 6 heteroatoms. The maximum atomic E-state index is 11.7. The average Bonchev–Trinajstić information content (AvgIpc) is 2.77. The minimum absolute atomic E-state index is 0.00392. The molecule has 0 atom stereocenters. The standard InChI is InChI=1S/C16H26N2O4/c19-8-10-22-9-7-18-13-16(21)15(20)11-14(18)12-17-5-3-1-2-4-6-17/h11,13,19,21H,1-10,12H2. The summed E-state index contributed by atoms with van der Waals surface area (Å²) in [5, 5.41) is 18.4. The zero-order valence-corrected chi connectivity index (χ0v) is 13.0. The van der Waals surface area contributed by atoms with Gasteiger partial charge in [0.2, 0.25) is 5.43 Å². The van der Waals surface area contributed by atoms with Gasteiger partial charge in [-0.15, -0.1) is 0 Å². The van der Waals surface area contributed by atoms with Gasteiger partial charge in [0.05, 0.1) is 26.0 Å². The number of hydrogen-bond acceptors (Lipinski definition) is 5. The van der Waals surface area contributed by atoms with Crippen LogP contribution in [-0.2, 0) is 17.8 Å². The van der Waals surface area contributed by atoms with Gasteiger partial charge >= 0.3 is 0 Å². The number of aliphatic hydroxyl groups is 1. The van der Waals surface area contributed by atoms with Crippen molar-refractivity contribution in [2.24, 2.45) is 0 Å². The summed E-state index contributed by atoms with van der Waals surface area (Å²) in [5.41, 5.74) is 0.564. The van der Waals surface area contributed by atoms with Crippen molar-refractivity contribution >= 4 is 0 Å². The van der Waals surface area contributed by atoms with Crippen molar-refractivity contribution in [3.05, 3.63) is 28.2 Å². The Morgan fingerprint density at radius 3 is 2.55 bits per heavy atom. The van der Waals surface area contributed by atoms with Gasteiger partial charge in [-0.25, -0.2) is 0 Å². The highest BCUT2D eigenvalue weighted by Crippen LogP contribution is 2.14. The lowest BCUT2D eigenvalue weighted by Crippen LogP contribution is -2.27. The van der Waals surface area contributed by atoms with Crippen LogP contribution in [0.1, 0.15) is 31.4 Å². The molecule has 1 aromatic heterocycles. The van der Waals surface area contributed by atoms with Gasteiger partial charge in [0.15, 0.2) is 5.75 Å². The number of rotatable bonds is 7. The monoisotopic (exact) mass is 310 g/mol. The summed E-state index contributed by atoms with van der Waals surface area (Å²) in [6, 6.07) is 1.52. The predicted octanol–water partition coefficient (Wildman–Crippen LogP) is 0.939. The molecule has 1 aromatic rings. The van der Waals surface area contributed by atoms with Crippen molar-refractivity contribution in [2.45, 2.75) is 38.8 Å². The van der Waals surface area contributed by atoms with Gasteiger partial charge in [-0.1, -0.05) is 12.8 Å². The summed E-state index contributed by atoms with van der Waals surface area (Å²) in [6.45, 7) is 4.11. The van der Waals surface area contributed by atoms with Crippen LogP contribution in [-0.4, -0.2) is 52.6 Å². The molecule has 22 heavy (non-hydrogen) atoms. The van der Waals surface area contributed by atoms with Gasteiger partial charge in [0.25, 0.3) is 0 Å². The van der Waals surface area contributed by atoms with Crippen molar-refractivity contribution in [3.8, 4) is 5.75 Å². The SMILES string of the molecule is O=c1cc(CN2CCCCCC2)n(CCOCCO)cc1O. The Morgan fingerprint density at radius 1 is 1.14 bits per heavy atom. The van der Waals surface area contributed by atoms with Crippen LogP contribution in [0.3, 0.4) is 0 Å². The maximum absolute atomic E-state index is 11.7. The highest BCUT2D eigenvalue weighted by Gasteiger charge is 2.13. The van der Waals surface area contributed by atoms with Gasteiger partial charge in [0, 0.05) is 24.8 Å². The van der Waals surface area contributed by atoms with Gasteiger partial charge in [-0.05, 0) is 25.9 Å². The van der Waals surface area contributed by atoms with E-state index in [0.717, 1.165) is 25.3 Å². The molecule has 2 heterocycles. The number of ether oxygens (including phenoxy) is 1. The van der Waals surface area contributed by atoms with Crippen LogP contribution in [0.15, 0.2) is 17.1 Å². The third-order valence-electron chi connectivity index (χ3n) is 3.99. The van der Waals surface area contributed by atoms with Gasteiger partial charge < -0.3 is 19.5 Å². The lowest BCUT2D eigenvalue weighted by atomic mass is 10.2. The minimum atomic E-state index is -0.336. The molecule has 1 aliphatic rings. The number of likely N-dealkylation sites (tertiary alicyclic amines) is 1. The second kappa shape index (κ2) is 8.92. The zero-order chi connectivity index (χ0) is 15.8. The Morgan fingerprint density at radius 2 is 1.86 bits per heavy atom. The van der Waals surface area contributed by atoms with E-state index in [9.17, 15) is 9.90 Å². The molecule has 0 unspecified atom stereocenters. The summed E-state index contributed by atoms with van der Waals surface area (Å²) in [6.07, 6.45) is 6.42. The number of aliphatic hydroxyl groups excluding tert-OH is 1. The van der Waals surface area contributed by atoms with Crippen LogP contribution in [0.25, 0.3) is 0 Å². The summed E-state index contributed by atoms with van der Waals surface area (Å²) in [7, 11) is 0. The minimum Gasteiger partial charge on any atom is -0.503 e. The van der Waals surface area contributed by atoms with Crippen molar-refractivity contribution < 1.29 is 14.9 Å². The third kappa shape index (κ3) is 5.12. The lowest BCUT2D eigenvalue weighted by Gasteiger charge is -2.22. The van der Waals surface area contributed by atoms with Gasteiger partial charge in [-0.2, -0.15) is 0 Å². The smallest absolute Gasteiger partial charge is 0.223 e. The lowest BCUT2D eigenvalue weighted by molar-refractivity contribution is 0.0860. The van der Waals surface area contributed by atoms with E-state index in [2.05, 4.69) is 4.90 Å². The van der Waals surface area contributed by atoms with E-state index >= 15 is 0 Å². The highest BCUT2D eigenvalue weighted by molar-refractivity contribution is 5.20. The number of aromatic hydroxyl groups is 1. The first kappa shape index (κ1) is 17.0. The summed E-state index contributed by atoms with van der Waals surface area (Å²) in [5.74, 6) is -0.234. The van der Waals surface area contributed by atoms with E-state index in [0.29, 0.717) is 19.8 Å². The first-order valence-corrected chi connectivity index (χ1v) is 8.04. The van der Waals surface area contributed by atoms with E-state index < -0.39 is 0 Å². The average molecular weight is 310 g/mol. The third-order valence-corrected chi connectivity index (χ3v) is 3.99. The molecule has 6 nitrogen and oxygen atoms in total. The molecule has 1 aliphatic heterocycles. The normalized spacial score (nSPS) is 16.6. The van der Waals surface area contributed by atoms with Crippen molar-refractivity contribution in [2.75, 3.05) is 32.9 Å². The van der Waals surface area contributed by atoms with Crippen molar-refractivity contribution in [1.82, 2.24) is 9.47 Å². The van der Waals surface area contributed by atoms with E-state index in [1.807, 2.05) is 4.57 Å². The molecule has 1 saturated heterocycles. The fourth-order valence-electron chi connectivity index (χ4n) is 2.80. The number of aromatic nitrogens is 1. The first-order chi connectivity index (χ1) is 10.7. The summed E-state index contributed by atoms with van der Waals surface area (Å²) < 4.78 is 7.15. The quantitative estimate of drug-likeness (QED) is 0.733. The Balaban J connectivity index is 2.06. The molecule has 0 radical (unpaired) electrons. The molecule has 0 amide bonds. The topological polar surface area (TPSA) is 74.9 Å². The van der Waals surface area contributed by atoms with Crippen molar-refractivity contribution in [1.29, 1.82) is 0 Å². The van der Waals surface area contributed by atoms with Crippen LogP contribution in [0, 0.1) is 0 Å². The van der Waals surface area contributed by atoms with E-state index in [1.54, 1.807) is 0 Å². The second-order valence-electron chi connectivity index (χ2n) is 5.73. The Kier molecular flexibility index (Phi) is 6.89. The number of nitrogens with zero attached hydrogens (tertiary/aromatic N) is 2. The van der Waals surface area contributed by atoms with Crippen LogP contribution < -0.4 is 5.43 Å². The fourth-order valence-corrected chi connectivity index (χ4v) is 2.80. The molecule has 1 fully saturated rings. The zero-order valence-electron chi connectivity index (χ0n) is 13.0. The molecular weight excluding hydrogens is 284 g/mol. The van der Waals surface area contributed by atoms with Gasteiger partial charge in [0.1, 0.15) is 0 Å². The molecule has 0 aliphatic carbocycles. The molecule has 2 rings (SSSR count). The van der Waals surface area contributed by atoms with Crippen molar-refractivity contribution in [3.63, 3.8) is 0 Å². The molecule has 0 spiro atoms. The van der Waals surface area contributed by atoms with E-state index in [-0.39, 0.29) is 17.8 Å². The van der Waals surface area contributed by atoms with Crippen LogP contribution >= 0.6 is 0 Å². The summed E-state index contributed by atoms with van der Waals surface area (Å²) in [4.78, 5) is 14.1. The largest absolute Gasteiger partial charge is 0.503 e. The van der Waals surface area contributed by atoms with Gasteiger partial charge in [-0.3, -0.25) is 9.69 Å². The Bertz CT molecular complexity index is 507. The van der Waals surface area contributed by atoms with E-state index in [4.69, 9.17) is 9.84 Å².